The van der Waals surface area contributed by atoms with E-state index in [1.54, 1.807) is 0 Å². The summed E-state index contributed by atoms with van der Waals surface area (Å²) < 4.78 is 11.2. The summed E-state index contributed by atoms with van der Waals surface area (Å²) in [6, 6.07) is 19.3. The van der Waals surface area contributed by atoms with E-state index in [0.717, 1.165) is 11.5 Å². The SMILES string of the molecule is C=C.CC(Oc1ccccc1)Oc1ccccc1. The van der Waals surface area contributed by atoms with Crippen LogP contribution < -0.4 is 9.47 Å². The van der Waals surface area contributed by atoms with Crippen LogP contribution in [0.2, 0.25) is 0 Å². The van der Waals surface area contributed by atoms with Crippen LogP contribution in [0.25, 0.3) is 0 Å². The van der Waals surface area contributed by atoms with Gasteiger partial charge in [0, 0.05) is 6.92 Å². The van der Waals surface area contributed by atoms with Crippen molar-refractivity contribution in [2.45, 2.75) is 13.2 Å². The van der Waals surface area contributed by atoms with Gasteiger partial charge < -0.3 is 9.47 Å². The zero-order valence-electron chi connectivity index (χ0n) is 10.6. The molecule has 2 aromatic carbocycles. The van der Waals surface area contributed by atoms with Gasteiger partial charge in [-0.15, -0.1) is 13.2 Å². The van der Waals surface area contributed by atoms with Crippen LogP contribution in [-0.4, -0.2) is 6.29 Å². The molecule has 0 aliphatic rings. The van der Waals surface area contributed by atoms with Crippen LogP contribution in [0.15, 0.2) is 73.8 Å². The Morgan fingerprint density at radius 2 is 1.06 bits per heavy atom. The van der Waals surface area contributed by atoms with Crippen molar-refractivity contribution in [1.82, 2.24) is 0 Å². The maximum absolute atomic E-state index is 5.60. The highest BCUT2D eigenvalue weighted by atomic mass is 16.7. The van der Waals surface area contributed by atoms with Crippen molar-refractivity contribution in [3.63, 3.8) is 0 Å². The lowest BCUT2D eigenvalue weighted by molar-refractivity contribution is 0.0223. The van der Waals surface area contributed by atoms with Crippen LogP contribution in [0.3, 0.4) is 0 Å². The minimum atomic E-state index is -0.301. The molecule has 18 heavy (non-hydrogen) atoms. The molecular weight excluding hydrogens is 224 g/mol. The lowest BCUT2D eigenvalue weighted by Crippen LogP contribution is -2.19. The molecule has 0 heterocycles. The van der Waals surface area contributed by atoms with Crippen LogP contribution in [0.5, 0.6) is 11.5 Å². The first kappa shape index (κ1) is 13.8. The Kier molecular flexibility index (Phi) is 6.12. The largest absolute Gasteiger partial charge is 0.455 e. The fourth-order valence-corrected chi connectivity index (χ4v) is 1.41. The number of hydrogen-bond acceptors (Lipinski definition) is 2. The number of ether oxygens (including phenoxy) is 2. The highest BCUT2D eigenvalue weighted by Crippen LogP contribution is 2.15. The topological polar surface area (TPSA) is 18.5 Å². The van der Waals surface area contributed by atoms with E-state index >= 15 is 0 Å². The predicted octanol–water partition coefficient (Wildman–Crippen LogP) is 4.29. The minimum absolute atomic E-state index is 0.301. The highest BCUT2D eigenvalue weighted by molar-refractivity contribution is 5.22. The third-order valence-electron chi connectivity index (χ3n) is 2.09. The van der Waals surface area contributed by atoms with E-state index < -0.39 is 0 Å². The van der Waals surface area contributed by atoms with Gasteiger partial charge in [0.1, 0.15) is 11.5 Å². The van der Waals surface area contributed by atoms with Crippen LogP contribution in [0, 0.1) is 0 Å². The van der Waals surface area contributed by atoms with Crippen LogP contribution in [-0.2, 0) is 0 Å². The minimum Gasteiger partial charge on any atom is -0.455 e. The fourth-order valence-electron chi connectivity index (χ4n) is 1.41. The summed E-state index contributed by atoms with van der Waals surface area (Å²) in [4.78, 5) is 0. The van der Waals surface area contributed by atoms with Gasteiger partial charge in [0.05, 0.1) is 0 Å². The number of benzene rings is 2. The molecule has 2 heteroatoms. The van der Waals surface area contributed by atoms with Crippen LogP contribution in [0.1, 0.15) is 6.92 Å². The zero-order valence-corrected chi connectivity index (χ0v) is 10.6. The summed E-state index contributed by atoms with van der Waals surface area (Å²) in [7, 11) is 0. The molecular formula is C16H18O2. The van der Waals surface area contributed by atoms with Gasteiger partial charge in [0.25, 0.3) is 0 Å². The molecule has 94 valence electrons. The van der Waals surface area contributed by atoms with E-state index in [9.17, 15) is 0 Å². The Hall–Kier alpha value is -2.22. The standard InChI is InChI=1S/C14H14O2.C2H4/c1-12(15-13-8-4-2-5-9-13)16-14-10-6-3-7-11-14;1-2/h2-12H,1H3;1-2H2. The van der Waals surface area contributed by atoms with Crippen molar-refractivity contribution >= 4 is 0 Å². The summed E-state index contributed by atoms with van der Waals surface area (Å²) in [5.74, 6) is 1.62. The maximum Gasteiger partial charge on any atom is 0.238 e. The smallest absolute Gasteiger partial charge is 0.238 e. The third kappa shape index (κ3) is 4.74. The Labute approximate surface area is 108 Å². The molecule has 0 N–H and O–H groups in total. The molecule has 0 spiro atoms. The van der Waals surface area contributed by atoms with E-state index in [2.05, 4.69) is 13.2 Å². The normalized spacial score (nSPS) is 9.22. The van der Waals surface area contributed by atoms with Crippen molar-refractivity contribution in [2.75, 3.05) is 0 Å². The Balaban J connectivity index is 0.000000771. The van der Waals surface area contributed by atoms with E-state index in [1.165, 1.54) is 0 Å². The van der Waals surface area contributed by atoms with Gasteiger partial charge in [-0.2, -0.15) is 0 Å². The van der Waals surface area contributed by atoms with Crippen molar-refractivity contribution in [3.8, 4) is 11.5 Å². The Morgan fingerprint density at radius 1 is 0.722 bits per heavy atom. The van der Waals surface area contributed by atoms with Gasteiger partial charge in [0.15, 0.2) is 0 Å². The Bertz CT molecular complexity index is 384. The quantitative estimate of drug-likeness (QED) is 0.588. The molecule has 0 radical (unpaired) electrons. The summed E-state index contributed by atoms with van der Waals surface area (Å²) in [5, 5.41) is 0. The van der Waals surface area contributed by atoms with Gasteiger partial charge in [-0.1, -0.05) is 36.4 Å². The molecule has 2 nitrogen and oxygen atoms in total. The van der Waals surface area contributed by atoms with E-state index in [-0.39, 0.29) is 6.29 Å². The number of hydrogen-bond donors (Lipinski definition) is 0. The average molecular weight is 242 g/mol. The second-order valence-electron chi connectivity index (χ2n) is 3.43. The Morgan fingerprint density at radius 3 is 1.39 bits per heavy atom. The van der Waals surface area contributed by atoms with Gasteiger partial charge >= 0.3 is 0 Å². The molecule has 0 saturated heterocycles. The second kappa shape index (κ2) is 7.96. The second-order valence-corrected chi connectivity index (χ2v) is 3.43. The van der Waals surface area contributed by atoms with Gasteiger partial charge in [0.2, 0.25) is 6.29 Å². The lowest BCUT2D eigenvalue weighted by atomic mass is 10.3. The average Bonchev–Trinajstić information content (AvgIpc) is 2.43. The molecule has 0 aliphatic heterocycles. The molecule has 2 aromatic rings. The molecule has 2 rings (SSSR count). The summed E-state index contributed by atoms with van der Waals surface area (Å²) >= 11 is 0. The first-order valence-corrected chi connectivity index (χ1v) is 5.78. The predicted molar refractivity (Wildman–Crippen MR) is 74.9 cm³/mol. The third-order valence-corrected chi connectivity index (χ3v) is 2.09. The van der Waals surface area contributed by atoms with Gasteiger partial charge in [-0.25, -0.2) is 0 Å². The number of rotatable bonds is 4. The fraction of sp³-hybridized carbons (Fsp3) is 0.125. The van der Waals surface area contributed by atoms with Gasteiger partial charge in [-0.05, 0) is 24.3 Å². The first-order chi connectivity index (χ1) is 8.84. The highest BCUT2D eigenvalue weighted by Gasteiger charge is 2.04. The van der Waals surface area contributed by atoms with E-state index in [1.807, 2.05) is 67.6 Å². The van der Waals surface area contributed by atoms with Crippen LogP contribution in [0.4, 0.5) is 0 Å². The van der Waals surface area contributed by atoms with Gasteiger partial charge in [-0.3, -0.25) is 0 Å². The first-order valence-electron chi connectivity index (χ1n) is 5.78. The van der Waals surface area contributed by atoms with Crippen molar-refractivity contribution in [3.05, 3.63) is 73.8 Å². The maximum atomic E-state index is 5.60. The lowest BCUT2D eigenvalue weighted by Gasteiger charge is -2.16. The van der Waals surface area contributed by atoms with E-state index in [0.29, 0.717) is 0 Å². The molecule has 0 aromatic heterocycles. The molecule has 0 aliphatic carbocycles. The van der Waals surface area contributed by atoms with Crippen molar-refractivity contribution in [1.29, 1.82) is 0 Å². The molecule has 0 unspecified atom stereocenters. The summed E-state index contributed by atoms with van der Waals surface area (Å²) in [6.45, 7) is 7.88. The molecule has 0 bridgehead atoms. The monoisotopic (exact) mass is 242 g/mol. The molecule has 0 atom stereocenters. The zero-order chi connectivity index (χ0) is 13.2. The van der Waals surface area contributed by atoms with E-state index in [4.69, 9.17) is 9.47 Å². The molecule has 0 amide bonds. The molecule has 0 saturated carbocycles. The summed E-state index contributed by atoms with van der Waals surface area (Å²) in [5.41, 5.74) is 0. The van der Waals surface area contributed by atoms with Crippen molar-refractivity contribution in [2.24, 2.45) is 0 Å². The number of para-hydroxylation sites is 2. The van der Waals surface area contributed by atoms with Crippen molar-refractivity contribution < 1.29 is 9.47 Å². The molecule has 0 fully saturated rings. The summed E-state index contributed by atoms with van der Waals surface area (Å²) in [6.07, 6.45) is -0.301. The van der Waals surface area contributed by atoms with Crippen LogP contribution >= 0.6 is 0 Å².